The van der Waals surface area contributed by atoms with Crippen molar-refractivity contribution >= 4 is 17.6 Å². The van der Waals surface area contributed by atoms with Crippen molar-refractivity contribution in [3.05, 3.63) is 76.1 Å². The molecule has 0 fully saturated rings. The Balaban J connectivity index is 1.80. The van der Waals surface area contributed by atoms with Gasteiger partial charge in [-0.15, -0.1) is 0 Å². The van der Waals surface area contributed by atoms with Gasteiger partial charge in [0.15, 0.2) is 0 Å². The van der Waals surface area contributed by atoms with Gasteiger partial charge in [-0.3, -0.25) is 9.59 Å². The fraction of sp³-hybridized carbons (Fsp3) is 0.261. The zero-order valence-electron chi connectivity index (χ0n) is 17.1. The van der Waals surface area contributed by atoms with Gasteiger partial charge in [-0.25, -0.2) is 4.68 Å². The van der Waals surface area contributed by atoms with E-state index in [1.807, 2.05) is 58.0 Å². The van der Waals surface area contributed by atoms with Crippen molar-refractivity contribution in [1.82, 2.24) is 9.78 Å². The first-order valence-corrected chi connectivity index (χ1v) is 9.52. The average Bonchev–Trinajstić information content (AvgIpc) is 2.96. The van der Waals surface area contributed by atoms with Gasteiger partial charge in [-0.2, -0.15) is 5.10 Å². The van der Waals surface area contributed by atoms with Crippen LogP contribution in [0.4, 0.5) is 5.69 Å². The summed E-state index contributed by atoms with van der Waals surface area (Å²) >= 11 is 0. The number of aliphatic carboxylic acids is 1. The molecule has 0 unspecified atom stereocenters. The quantitative estimate of drug-likeness (QED) is 0.653. The fourth-order valence-corrected chi connectivity index (χ4v) is 3.34. The maximum Gasteiger partial charge on any atom is 0.303 e. The van der Waals surface area contributed by atoms with Gasteiger partial charge in [-0.1, -0.05) is 12.1 Å². The topological polar surface area (TPSA) is 84.2 Å². The number of aryl methyl sites for hydroxylation is 3. The molecule has 1 aromatic heterocycles. The van der Waals surface area contributed by atoms with Gasteiger partial charge >= 0.3 is 5.97 Å². The van der Waals surface area contributed by atoms with Crippen LogP contribution in [0, 0.1) is 27.7 Å². The molecule has 0 atom stereocenters. The predicted octanol–water partition coefficient (Wildman–Crippen LogP) is 4.38. The number of hydrogen-bond donors (Lipinski definition) is 2. The average molecular weight is 391 g/mol. The number of carboxylic acid groups (broad SMARTS) is 1. The zero-order valence-corrected chi connectivity index (χ0v) is 17.1. The van der Waals surface area contributed by atoms with Gasteiger partial charge in [-0.05, 0) is 81.1 Å². The van der Waals surface area contributed by atoms with Gasteiger partial charge in [0.25, 0.3) is 5.91 Å². The Labute approximate surface area is 170 Å². The van der Waals surface area contributed by atoms with E-state index in [0.717, 1.165) is 39.5 Å². The molecule has 0 spiro atoms. The van der Waals surface area contributed by atoms with Crippen LogP contribution in [0.2, 0.25) is 0 Å². The van der Waals surface area contributed by atoms with Crippen molar-refractivity contribution in [2.45, 2.75) is 40.5 Å². The third-order valence-corrected chi connectivity index (χ3v) is 5.05. The smallest absolute Gasteiger partial charge is 0.303 e. The molecule has 0 aliphatic carbocycles. The second kappa shape index (κ2) is 8.31. The summed E-state index contributed by atoms with van der Waals surface area (Å²) in [6, 6.07) is 13.2. The van der Waals surface area contributed by atoms with Crippen LogP contribution in [0.1, 0.15) is 44.9 Å². The minimum atomic E-state index is -0.823. The zero-order chi connectivity index (χ0) is 21.1. The van der Waals surface area contributed by atoms with Crippen molar-refractivity contribution in [2.24, 2.45) is 0 Å². The standard InChI is InChI=1S/C23H25N3O3/c1-14-5-6-15(2)21(13-14)24-23(29)18-7-9-19(10-8-18)26-17(4)20(16(3)25-26)11-12-22(27)28/h5-10,13H,11-12H2,1-4H3,(H,24,29)(H,27,28). The fourth-order valence-electron chi connectivity index (χ4n) is 3.34. The van der Waals surface area contributed by atoms with Crippen LogP contribution in [-0.2, 0) is 11.2 Å². The molecule has 0 radical (unpaired) electrons. The van der Waals surface area contributed by atoms with E-state index < -0.39 is 5.97 Å². The van der Waals surface area contributed by atoms with Crippen LogP contribution in [-0.4, -0.2) is 26.8 Å². The van der Waals surface area contributed by atoms with Crippen molar-refractivity contribution < 1.29 is 14.7 Å². The van der Waals surface area contributed by atoms with Gasteiger partial charge in [0.1, 0.15) is 0 Å². The molecule has 0 aliphatic rings. The number of carbonyl (C=O) groups is 2. The van der Waals surface area contributed by atoms with Crippen molar-refractivity contribution in [2.75, 3.05) is 5.32 Å². The van der Waals surface area contributed by atoms with Crippen LogP contribution < -0.4 is 5.32 Å². The number of carboxylic acids is 1. The molecule has 6 nitrogen and oxygen atoms in total. The number of carbonyl (C=O) groups excluding carboxylic acids is 1. The predicted molar refractivity (Wildman–Crippen MR) is 113 cm³/mol. The van der Waals surface area contributed by atoms with E-state index in [-0.39, 0.29) is 12.3 Å². The number of rotatable bonds is 6. The molecule has 3 aromatic rings. The Morgan fingerprint density at radius 1 is 1.03 bits per heavy atom. The van der Waals surface area contributed by atoms with Crippen molar-refractivity contribution in [3.8, 4) is 5.69 Å². The molecular formula is C23H25N3O3. The molecule has 2 aromatic carbocycles. The van der Waals surface area contributed by atoms with E-state index in [2.05, 4.69) is 10.4 Å². The number of aromatic nitrogens is 2. The maximum atomic E-state index is 12.6. The molecule has 150 valence electrons. The first-order chi connectivity index (χ1) is 13.8. The summed E-state index contributed by atoms with van der Waals surface area (Å²) in [4.78, 5) is 23.5. The highest BCUT2D eigenvalue weighted by molar-refractivity contribution is 6.04. The van der Waals surface area contributed by atoms with E-state index in [1.165, 1.54) is 0 Å². The highest BCUT2D eigenvalue weighted by Crippen LogP contribution is 2.21. The Bertz CT molecular complexity index is 1070. The van der Waals surface area contributed by atoms with Crippen LogP contribution in [0.3, 0.4) is 0 Å². The third-order valence-electron chi connectivity index (χ3n) is 5.05. The summed E-state index contributed by atoms with van der Waals surface area (Å²) < 4.78 is 1.79. The number of nitrogens with zero attached hydrogens (tertiary/aromatic N) is 2. The minimum Gasteiger partial charge on any atom is -0.481 e. The number of benzene rings is 2. The highest BCUT2D eigenvalue weighted by Gasteiger charge is 2.15. The number of anilines is 1. The Morgan fingerprint density at radius 3 is 2.38 bits per heavy atom. The lowest BCUT2D eigenvalue weighted by atomic mass is 10.1. The molecule has 1 heterocycles. The summed E-state index contributed by atoms with van der Waals surface area (Å²) in [6.07, 6.45) is 0.522. The molecule has 0 saturated heterocycles. The van der Waals surface area contributed by atoms with E-state index >= 15 is 0 Å². The summed E-state index contributed by atoms with van der Waals surface area (Å²) in [5.41, 5.74) is 6.97. The Hall–Kier alpha value is -3.41. The molecule has 3 rings (SSSR count). The SMILES string of the molecule is Cc1ccc(C)c(NC(=O)c2ccc(-n3nc(C)c(CCC(=O)O)c3C)cc2)c1. The molecule has 29 heavy (non-hydrogen) atoms. The summed E-state index contributed by atoms with van der Waals surface area (Å²) in [6.45, 7) is 7.76. The lowest BCUT2D eigenvalue weighted by Crippen LogP contribution is -2.13. The lowest BCUT2D eigenvalue weighted by molar-refractivity contribution is -0.136. The van der Waals surface area contributed by atoms with Crippen LogP contribution in [0.5, 0.6) is 0 Å². The molecule has 0 bridgehead atoms. The summed E-state index contributed by atoms with van der Waals surface area (Å²) in [5.74, 6) is -0.989. The van der Waals surface area contributed by atoms with Gasteiger partial charge in [0.05, 0.1) is 11.4 Å². The number of amides is 1. The van der Waals surface area contributed by atoms with Crippen LogP contribution in [0.25, 0.3) is 5.69 Å². The summed E-state index contributed by atoms with van der Waals surface area (Å²) in [5, 5.41) is 16.4. The molecular weight excluding hydrogens is 366 g/mol. The second-order valence-electron chi connectivity index (χ2n) is 7.27. The summed E-state index contributed by atoms with van der Waals surface area (Å²) in [7, 11) is 0. The second-order valence-corrected chi connectivity index (χ2v) is 7.27. The molecule has 1 amide bonds. The van der Waals surface area contributed by atoms with E-state index in [4.69, 9.17) is 5.11 Å². The number of hydrogen-bond acceptors (Lipinski definition) is 3. The van der Waals surface area contributed by atoms with Gasteiger partial charge in [0.2, 0.25) is 0 Å². The largest absolute Gasteiger partial charge is 0.481 e. The normalized spacial score (nSPS) is 10.8. The van der Waals surface area contributed by atoms with Crippen molar-refractivity contribution in [3.63, 3.8) is 0 Å². The molecule has 0 aliphatic heterocycles. The Morgan fingerprint density at radius 2 is 1.72 bits per heavy atom. The van der Waals surface area contributed by atoms with Crippen LogP contribution in [0.15, 0.2) is 42.5 Å². The van der Waals surface area contributed by atoms with Gasteiger partial charge < -0.3 is 10.4 Å². The van der Waals surface area contributed by atoms with Crippen molar-refractivity contribution in [1.29, 1.82) is 0 Å². The van der Waals surface area contributed by atoms with Crippen LogP contribution >= 0.6 is 0 Å². The van der Waals surface area contributed by atoms with Gasteiger partial charge in [0, 0.05) is 23.4 Å². The maximum absolute atomic E-state index is 12.6. The third kappa shape index (κ3) is 4.54. The number of nitrogens with one attached hydrogen (secondary N) is 1. The van der Waals surface area contributed by atoms with E-state index in [0.29, 0.717) is 12.0 Å². The first-order valence-electron chi connectivity index (χ1n) is 9.52. The molecule has 2 N–H and O–H groups in total. The lowest BCUT2D eigenvalue weighted by Gasteiger charge is -2.10. The molecule has 6 heteroatoms. The first kappa shape index (κ1) is 20.3. The van der Waals surface area contributed by atoms with E-state index in [9.17, 15) is 9.59 Å². The minimum absolute atomic E-state index is 0.0743. The monoisotopic (exact) mass is 391 g/mol. The van der Waals surface area contributed by atoms with E-state index in [1.54, 1.807) is 16.8 Å². The molecule has 0 saturated carbocycles. The highest BCUT2D eigenvalue weighted by atomic mass is 16.4. The Kier molecular flexibility index (Phi) is 5.82.